The van der Waals surface area contributed by atoms with Gasteiger partial charge in [-0.3, -0.25) is 4.79 Å². The Balaban J connectivity index is 2.36. The Labute approximate surface area is 104 Å². The van der Waals surface area contributed by atoms with E-state index in [0.29, 0.717) is 35.5 Å². The maximum atomic E-state index is 12.1. The lowest BCUT2D eigenvalue weighted by atomic mass is 10.1. The fourth-order valence-electron chi connectivity index (χ4n) is 1.76. The van der Waals surface area contributed by atoms with Crippen molar-refractivity contribution in [2.24, 2.45) is 0 Å². The molecule has 0 atom stereocenters. The highest BCUT2D eigenvalue weighted by molar-refractivity contribution is 6.05. The predicted octanol–water partition coefficient (Wildman–Crippen LogP) is 1.22. The van der Waals surface area contributed by atoms with Crippen LogP contribution in [0.3, 0.4) is 0 Å². The molecule has 0 aliphatic carbocycles. The summed E-state index contributed by atoms with van der Waals surface area (Å²) in [5.74, 6) is -0.172. The Bertz CT molecular complexity index is 577. The van der Waals surface area contributed by atoms with Crippen LogP contribution >= 0.6 is 0 Å². The number of hydrogen-bond acceptors (Lipinski definition) is 5. The lowest BCUT2D eigenvalue weighted by Crippen LogP contribution is -2.27. The average molecular weight is 249 g/mol. The van der Waals surface area contributed by atoms with Crippen molar-refractivity contribution in [1.82, 2.24) is 15.5 Å². The van der Waals surface area contributed by atoms with Crippen LogP contribution in [0.1, 0.15) is 21.7 Å². The number of carbonyl (C=O) groups excluding carboxylic acids is 1. The minimum Gasteiger partial charge on any atom is -0.383 e. The fourth-order valence-corrected chi connectivity index (χ4v) is 1.76. The van der Waals surface area contributed by atoms with E-state index in [1.54, 1.807) is 20.1 Å². The molecule has 2 heterocycles. The van der Waals surface area contributed by atoms with Crippen LogP contribution in [0, 0.1) is 13.8 Å². The highest BCUT2D eigenvalue weighted by Crippen LogP contribution is 2.21. The van der Waals surface area contributed by atoms with Crippen LogP contribution in [-0.2, 0) is 4.74 Å². The SMILES string of the molecule is COCCNC(=O)c1cc(C)nc2onc(C)c12. The standard InChI is InChI=1S/C12H15N3O3/c1-7-6-9(11(16)13-4-5-17-3)10-8(2)15-18-12(10)14-7/h6H,4-5H2,1-3H3,(H,13,16). The molecule has 0 aliphatic rings. The average Bonchev–Trinajstić information content (AvgIpc) is 2.70. The first-order valence-electron chi connectivity index (χ1n) is 5.64. The Morgan fingerprint density at radius 3 is 3.00 bits per heavy atom. The van der Waals surface area contributed by atoms with Gasteiger partial charge in [0, 0.05) is 19.3 Å². The van der Waals surface area contributed by atoms with E-state index in [2.05, 4.69) is 15.5 Å². The molecule has 0 spiro atoms. The topological polar surface area (TPSA) is 77.2 Å². The maximum Gasteiger partial charge on any atom is 0.258 e. The van der Waals surface area contributed by atoms with Crippen LogP contribution in [0.2, 0.25) is 0 Å². The van der Waals surface area contributed by atoms with Crippen molar-refractivity contribution in [3.05, 3.63) is 23.0 Å². The van der Waals surface area contributed by atoms with E-state index in [1.807, 2.05) is 6.92 Å². The van der Waals surface area contributed by atoms with Gasteiger partial charge < -0.3 is 14.6 Å². The summed E-state index contributed by atoms with van der Waals surface area (Å²) in [4.78, 5) is 16.3. The second-order valence-corrected chi connectivity index (χ2v) is 4.01. The van der Waals surface area contributed by atoms with Gasteiger partial charge in [0.2, 0.25) is 0 Å². The van der Waals surface area contributed by atoms with E-state index in [9.17, 15) is 4.79 Å². The van der Waals surface area contributed by atoms with Crippen molar-refractivity contribution >= 4 is 17.0 Å². The Kier molecular flexibility index (Phi) is 3.57. The van der Waals surface area contributed by atoms with E-state index in [4.69, 9.17) is 9.26 Å². The molecule has 96 valence electrons. The number of fused-ring (bicyclic) bond motifs is 1. The number of nitrogens with zero attached hydrogens (tertiary/aromatic N) is 2. The Morgan fingerprint density at radius 2 is 2.28 bits per heavy atom. The molecule has 0 unspecified atom stereocenters. The first-order chi connectivity index (χ1) is 8.63. The van der Waals surface area contributed by atoms with E-state index >= 15 is 0 Å². The van der Waals surface area contributed by atoms with Gasteiger partial charge in [0.1, 0.15) is 0 Å². The monoisotopic (exact) mass is 249 g/mol. The normalized spacial score (nSPS) is 10.8. The van der Waals surface area contributed by atoms with Crippen LogP contribution in [0.4, 0.5) is 0 Å². The van der Waals surface area contributed by atoms with Gasteiger partial charge in [-0.1, -0.05) is 5.16 Å². The first-order valence-corrected chi connectivity index (χ1v) is 5.64. The molecular weight excluding hydrogens is 234 g/mol. The minimum absolute atomic E-state index is 0.172. The van der Waals surface area contributed by atoms with Gasteiger partial charge in [-0.25, -0.2) is 4.98 Å². The quantitative estimate of drug-likeness (QED) is 0.824. The third-order valence-corrected chi connectivity index (χ3v) is 2.58. The number of ether oxygens (including phenoxy) is 1. The molecule has 0 aromatic carbocycles. The largest absolute Gasteiger partial charge is 0.383 e. The molecule has 0 saturated carbocycles. The van der Waals surface area contributed by atoms with Gasteiger partial charge in [-0.2, -0.15) is 0 Å². The maximum absolute atomic E-state index is 12.1. The van der Waals surface area contributed by atoms with Gasteiger partial charge >= 0.3 is 0 Å². The van der Waals surface area contributed by atoms with E-state index < -0.39 is 0 Å². The van der Waals surface area contributed by atoms with Gasteiger partial charge in [-0.15, -0.1) is 0 Å². The number of amides is 1. The molecule has 18 heavy (non-hydrogen) atoms. The lowest BCUT2D eigenvalue weighted by molar-refractivity contribution is 0.0938. The number of methoxy groups -OCH3 is 1. The molecule has 0 saturated heterocycles. The summed E-state index contributed by atoms with van der Waals surface area (Å²) in [7, 11) is 1.59. The first kappa shape index (κ1) is 12.5. The molecule has 6 heteroatoms. The fraction of sp³-hybridized carbons (Fsp3) is 0.417. The Morgan fingerprint density at radius 1 is 1.50 bits per heavy atom. The molecule has 0 bridgehead atoms. The summed E-state index contributed by atoms with van der Waals surface area (Å²) in [6.45, 7) is 4.53. The zero-order chi connectivity index (χ0) is 13.1. The van der Waals surface area contributed by atoms with Crippen molar-refractivity contribution in [1.29, 1.82) is 0 Å². The van der Waals surface area contributed by atoms with Crippen LogP contribution in [0.5, 0.6) is 0 Å². The molecule has 2 aromatic rings. The van der Waals surface area contributed by atoms with Crippen molar-refractivity contribution in [3.63, 3.8) is 0 Å². The molecule has 0 radical (unpaired) electrons. The third-order valence-electron chi connectivity index (χ3n) is 2.58. The summed E-state index contributed by atoms with van der Waals surface area (Å²) in [5, 5.41) is 7.27. The highest BCUT2D eigenvalue weighted by Gasteiger charge is 2.17. The summed E-state index contributed by atoms with van der Waals surface area (Å²) in [5.41, 5.74) is 2.31. The summed E-state index contributed by atoms with van der Waals surface area (Å²) >= 11 is 0. The number of hydrogen-bond donors (Lipinski definition) is 1. The van der Waals surface area contributed by atoms with Gasteiger partial charge in [0.15, 0.2) is 0 Å². The molecule has 6 nitrogen and oxygen atoms in total. The van der Waals surface area contributed by atoms with Crippen molar-refractivity contribution < 1.29 is 14.1 Å². The third kappa shape index (κ3) is 2.33. The molecular formula is C12H15N3O3. The number of aryl methyl sites for hydroxylation is 2. The predicted molar refractivity (Wildman–Crippen MR) is 65.5 cm³/mol. The van der Waals surface area contributed by atoms with Crippen LogP contribution in [0.15, 0.2) is 10.6 Å². The number of nitrogens with one attached hydrogen (secondary N) is 1. The number of rotatable bonds is 4. The summed E-state index contributed by atoms with van der Waals surface area (Å²) in [6, 6.07) is 1.73. The molecule has 1 amide bonds. The smallest absolute Gasteiger partial charge is 0.258 e. The van der Waals surface area contributed by atoms with Gasteiger partial charge in [0.05, 0.1) is 23.3 Å². The van der Waals surface area contributed by atoms with Crippen molar-refractivity contribution in [2.45, 2.75) is 13.8 Å². The molecule has 1 N–H and O–H groups in total. The lowest BCUT2D eigenvalue weighted by Gasteiger charge is -2.06. The van der Waals surface area contributed by atoms with E-state index in [0.717, 1.165) is 5.69 Å². The van der Waals surface area contributed by atoms with Crippen LogP contribution in [0.25, 0.3) is 11.1 Å². The molecule has 0 aliphatic heterocycles. The summed E-state index contributed by atoms with van der Waals surface area (Å²) in [6.07, 6.45) is 0. The molecule has 0 fully saturated rings. The van der Waals surface area contributed by atoms with Gasteiger partial charge in [0.25, 0.3) is 11.6 Å². The molecule has 2 aromatic heterocycles. The second kappa shape index (κ2) is 5.14. The zero-order valence-corrected chi connectivity index (χ0v) is 10.6. The van der Waals surface area contributed by atoms with Crippen molar-refractivity contribution in [2.75, 3.05) is 20.3 Å². The van der Waals surface area contributed by atoms with Crippen LogP contribution < -0.4 is 5.32 Å². The van der Waals surface area contributed by atoms with Crippen molar-refractivity contribution in [3.8, 4) is 0 Å². The van der Waals surface area contributed by atoms with E-state index in [-0.39, 0.29) is 5.91 Å². The number of pyridine rings is 1. The summed E-state index contributed by atoms with van der Waals surface area (Å²) < 4.78 is 9.97. The molecule has 2 rings (SSSR count). The van der Waals surface area contributed by atoms with Gasteiger partial charge in [-0.05, 0) is 19.9 Å². The highest BCUT2D eigenvalue weighted by atomic mass is 16.5. The second-order valence-electron chi connectivity index (χ2n) is 4.01. The minimum atomic E-state index is -0.172. The number of aromatic nitrogens is 2. The number of carbonyl (C=O) groups is 1. The van der Waals surface area contributed by atoms with Crippen LogP contribution in [-0.4, -0.2) is 36.3 Å². The zero-order valence-electron chi connectivity index (χ0n) is 10.6. The van der Waals surface area contributed by atoms with E-state index in [1.165, 1.54) is 0 Å². The Hall–Kier alpha value is -1.95.